The van der Waals surface area contributed by atoms with E-state index in [0.717, 1.165) is 0 Å². The summed E-state index contributed by atoms with van der Waals surface area (Å²) in [4.78, 5) is 5.13. The number of hydrogen-bond donors (Lipinski definition) is 0. The molecular weight excluding hydrogens is 711 g/mol. The van der Waals surface area contributed by atoms with Gasteiger partial charge in [0.1, 0.15) is 0 Å². The summed E-state index contributed by atoms with van der Waals surface area (Å²) in [6, 6.07) is 47.6. The van der Waals surface area contributed by atoms with Gasteiger partial charge in [-0.15, -0.1) is 0 Å². The third-order valence-electron chi connectivity index (χ3n) is 12.9. The van der Waals surface area contributed by atoms with Crippen LogP contribution in [-0.4, -0.2) is 6.71 Å². The SMILES string of the molecule is CC(C)(C)c1ccc(-c2cc3c4c(c2)N(c2ccc(C(C)(C)C)cc2)c2ccc(C(C)(C)C)cc2B4c2cc(C(C)(C)C)ccc2N3c2ccc(C(C)(C)C)cc2)cc1. The number of anilines is 6. The maximum absolute atomic E-state index is 2.57. The number of fused-ring (bicyclic) bond motifs is 4. The number of rotatable bonds is 3. The van der Waals surface area contributed by atoms with Crippen molar-refractivity contribution in [3.05, 3.63) is 149 Å². The number of benzene rings is 6. The minimum atomic E-state index is -0.00795. The molecule has 2 heterocycles. The molecular formula is C56H65BN2. The lowest BCUT2D eigenvalue weighted by molar-refractivity contribution is 0.590. The van der Waals surface area contributed by atoms with Gasteiger partial charge in [0.15, 0.2) is 0 Å². The van der Waals surface area contributed by atoms with Gasteiger partial charge >= 0.3 is 0 Å². The van der Waals surface area contributed by atoms with Crippen LogP contribution in [-0.2, 0) is 27.1 Å². The Labute approximate surface area is 356 Å². The van der Waals surface area contributed by atoms with Gasteiger partial charge in [0, 0.05) is 34.1 Å². The van der Waals surface area contributed by atoms with E-state index in [1.807, 2.05) is 0 Å². The highest BCUT2D eigenvalue weighted by molar-refractivity contribution is 7.00. The van der Waals surface area contributed by atoms with Crippen LogP contribution in [0.5, 0.6) is 0 Å². The van der Waals surface area contributed by atoms with Crippen molar-refractivity contribution in [1.82, 2.24) is 0 Å². The molecule has 2 nitrogen and oxygen atoms in total. The van der Waals surface area contributed by atoms with Crippen molar-refractivity contribution < 1.29 is 0 Å². The summed E-state index contributed by atoms with van der Waals surface area (Å²) < 4.78 is 0. The highest BCUT2D eigenvalue weighted by Gasteiger charge is 2.44. The normalized spacial score (nSPS) is 14.3. The smallest absolute Gasteiger partial charge is 0.252 e. The quantitative estimate of drug-likeness (QED) is 0.165. The second-order valence-electron chi connectivity index (χ2n) is 22.5. The lowest BCUT2D eigenvalue weighted by Gasteiger charge is -2.45. The van der Waals surface area contributed by atoms with Gasteiger partial charge < -0.3 is 9.80 Å². The fourth-order valence-corrected chi connectivity index (χ4v) is 9.05. The standard InChI is InChI=1S/C56H65BN2/c1-52(2,3)38-18-16-36(17-19-38)37-32-49-51-50(33-37)59(44-28-22-40(23-29-44)54(7,8)9)48-31-25-42(56(13,14)15)35-46(48)57(51)45-34-41(55(10,11)12)24-30-47(45)58(49)43-26-20-39(21-27-43)53(4,5)6/h16-35H,1-15H3. The Morgan fingerprint density at radius 3 is 0.932 bits per heavy atom. The second kappa shape index (κ2) is 13.8. The molecule has 302 valence electrons. The first-order valence-corrected chi connectivity index (χ1v) is 21.8. The van der Waals surface area contributed by atoms with Crippen LogP contribution >= 0.6 is 0 Å². The molecule has 0 aliphatic carbocycles. The van der Waals surface area contributed by atoms with Crippen LogP contribution in [0.1, 0.15) is 132 Å². The average molecular weight is 777 g/mol. The number of nitrogens with zero attached hydrogens (tertiary/aromatic N) is 2. The van der Waals surface area contributed by atoms with Crippen LogP contribution in [0.2, 0.25) is 0 Å². The molecule has 3 heteroatoms. The maximum atomic E-state index is 2.57. The zero-order valence-corrected chi connectivity index (χ0v) is 38.5. The molecule has 0 atom stereocenters. The first kappa shape index (κ1) is 40.8. The fraction of sp³-hybridized carbons (Fsp3) is 0.357. The molecule has 0 spiro atoms. The average Bonchev–Trinajstić information content (AvgIpc) is 3.15. The molecule has 59 heavy (non-hydrogen) atoms. The summed E-state index contributed by atoms with van der Waals surface area (Å²) >= 11 is 0. The van der Waals surface area contributed by atoms with Crippen molar-refractivity contribution in [3.8, 4) is 11.1 Å². The van der Waals surface area contributed by atoms with E-state index in [-0.39, 0.29) is 33.8 Å². The third kappa shape index (κ3) is 7.34. The van der Waals surface area contributed by atoms with E-state index in [0.29, 0.717) is 0 Å². The molecule has 0 radical (unpaired) electrons. The van der Waals surface area contributed by atoms with E-state index in [4.69, 9.17) is 0 Å². The third-order valence-corrected chi connectivity index (χ3v) is 12.9. The Bertz CT molecular complexity index is 2390. The van der Waals surface area contributed by atoms with Crippen LogP contribution in [0.4, 0.5) is 34.1 Å². The van der Waals surface area contributed by atoms with Gasteiger partial charge in [-0.3, -0.25) is 0 Å². The van der Waals surface area contributed by atoms with Crippen LogP contribution in [0.15, 0.2) is 121 Å². The first-order valence-electron chi connectivity index (χ1n) is 21.8. The predicted molar refractivity (Wildman–Crippen MR) is 259 cm³/mol. The van der Waals surface area contributed by atoms with Gasteiger partial charge in [-0.25, -0.2) is 0 Å². The predicted octanol–water partition coefficient (Wildman–Crippen LogP) is 13.9. The van der Waals surface area contributed by atoms with Crippen molar-refractivity contribution in [2.45, 2.75) is 131 Å². The summed E-state index contributed by atoms with van der Waals surface area (Å²) in [5.74, 6) is 0. The van der Waals surface area contributed by atoms with E-state index in [9.17, 15) is 0 Å². The zero-order valence-electron chi connectivity index (χ0n) is 38.5. The van der Waals surface area contributed by atoms with E-state index >= 15 is 0 Å². The summed E-state index contributed by atoms with van der Waals surface area (Å²) in [5.41, 5.74) is 20.8. The summed E-state index contributed by atoms with van der Waals surface area (Å²) in [6.45, 7) is 34.8. The Hall–Kier alpha value is -5.02. The molecule has 6 aromatic rings. The van der Waals surface area contributed by atoms with Gasteiger partial charge in [0.25, 0.3) is 6.71 Å². The highest BCUT2D eigenvalue weighted by atomic mass is 15.2. The first-order chi connectivity index (χ1) is 27.4. The monoisotopic (exact) mass is 777 g/mol. The van der Waals surface area contributed by atoms with Crippen molar-refractivity contribution >= 4 is 57.2 Å². The van der Waals surface area contributed by atoms with Crippen molar-refractivity contribution in [2.24, 2.45) is 0 Å². The van der Waals surface area contributed by atoms with Gasteiger partial charge in [-0.2, -0.15) is 0 Å². The molecule has 8 rings (SSSR count). The van der Waals surface area contributed by atoms with Crippen LogP contribution in [0.25, 0.3) is 11.1 Å². The minimum Gasteiger partial charge on any atom is -0.311 e. The number of hydrogen-bond acceptors (Lipinski definition) is 2. The van der Waals surface area contributed by atoms with Gasteiger partial charge in [-0.1, -0.05) is 177 Å². The van der Waals surface area contributed by atoms with E-state index in [1.165, 1.54) is 89.5 Å². The maximum Gasteiger partial charge on any atom is 0.252 e. The Morgan fingerprint density at radius 2 is 0.610 bits per heavy atom. The fourth-order valence-electron chi connectivity index (χ4n) is 9.05. The Morgan fingerprint density at radius 1 is 0.305 bits per heavy atom. The molecule has 0 fully saturated rings. The Balaban J connectivity index is 1.49. The minimum absolute atomic E-state index is 0.00795. The molecule has 6 aromatic carbocycles. The molecule has 0 bridgehead atoms. The zero-order chi connectivity index (χ0) is 42.6. The van der Waals surface area contributed by atoms with E-state index in [1.54, 1.807) is 0 Å². The summed E-state index contributed by atoms with van der Waals surface area (Å²) in [7, 11) is 0. The lowest BCUT2D eigenvalue weighted by Crippen LogP contribution is -2.61. The van der Waals surface area contributed by atoms with E-state index < -0.39 is 0 Å². The van der Waals surface area contributed by atoms with Gasteiger partial charge in [-0.05, 0) is 131 Å². The van der Waals surface area contributed by atoms with E-state index in [2.05, 4.69) is 235 Å². The molecule has 0 N–H and O–H groups in total. The molecule has 0 unspecified atom stereocenters. The summed E-state index contributed by atoms with van der Waals surface area (Å²) in [5, 5.41) is 0. The van der Waals surface area contributed by atoms with Crippen LogP contribution in [0.3, 0.4) is 0 Å². The lowest BCUT2D eigenvalue weighted by atomic mass is 9.33. The Kier molecular flexibility index (Phi) is 9.51. The summed E-state index contributed by atoms with van der Waals surface area (Å²) in [6.07, 6.45) is 0. The molecule has 0 saturated heterocycles. The molecule has 2 aliphatic heterocycles. The van der Waals surface area contributed by atoms with Crippen LogP contribution in [0, 0.1) is 0 Å². The molecule has 0 aromatic heterocycles. The highest BCUT2D eigenvalue weighted by Crippen LogP contribution is 2.47. The second-order valence-corrected chi connectivity index (χ2v) is 22.5. The molecule has 2 aliphatic rings. The topological polar surface area (TPSA) is 6.48 Å². The van der Waals surface area contributed by atoms with Crippen molar-refractivity contribution in [1.29, 1.82) is 0 Å². The van der Waals surface area contributed by atoms with Gasteiger partial charge in [0.2, 0.25) is 0 Å². The molecule has 0 amide bonds. The van der Waals surface area contributed by atoms with Crippen LogP contribution < -0.4 is 26.2 Å². The van der Waals surface area contributed by atoms with Crippen molar-refractivity contribution in [2.75, 3.05) is 9.80 Å². The van der Waals surface area contributed by atoms with Gasteiger partial charge in [0.05, 0.1) is 0 Å². The van der Waals surface area contributed by atoms with Crippen molar-refractivity contribution in [3.63, 3.8) is 0 Å². The molecule has 0 saturated carbocycles. The largest absolute Gasteiger partial charge is 0.311 e.